The molecule has 0 aliphatic carbocycles. The molecule has 0 N–H and O–H groups in total. The van der Waals surface area contributed by atoms with E-state index in [0.29, 0.717) is 45.1 Å². The molecule has 0 bridgehead atoms. The largest absolute Gasteiger partial charge is 0.458 e. The summed E-state index contributed by atoms with van der Waals surface area (Å²) >= 11 is 0. The van der Waals surface area contributed by atoms with Crippen LogP contribution in [0.15, 0.2) is 182 Å². The van der Waals surface area contributed by atoms with E-state index in [1.54, 1.807) is 69.9 Å². The van der Waals surface area contributed by atoms with Crippen LogP contribution in [0.5, 0.6) is 11.5 Å². The van der Waals surface area contributed by atoms with Crippen molar-refractivity contribution in [1.82, 2.24) is 14.1 Å². The third-order valence-corrected chi connectivity index (χ3v) is 10.3. The number of para-hydroxylation sites is 4. The third kappa shape index (κ3) is 6.03. The van der Waals surface area contributed by atoms with Gasteiger partial charge in [-0.25, -0.2) is 4.98 Å². The van der Waals surface area contributed by atoms with Gasteiger partial charge in [0.25, 0.3) is 6.33 Å². The van der Waals surface area contributed by atoms with Crippen LogP contribution in [0.1, 0.15) is 49.7 Å². The number of nitrogens with zero attached hydrogens (tertiary/aromatic N) is 4. The lowest BCUT2D eigenvalue weighted by molar-refractivity contribution is -0.571. The van der Waals surface area contributed by atoms with Crippen LogP contribution in [0.25, 0.3) is 72.3 Å². The number of aromatic nitrogens is 4. The minimum Gasteiger partial charge on any atom is -0.458 e. The molecule has 5 nitrogen and oxygen atoms in total. The molecule has 3 heterocycles. The number of pyridine rings is 1. The smallest absolute Gasteiger partial charge is 0.269 e. The van der Waals surface area contributed by atoms with Crippen molar-refractivity contribution in [2.75, 3.05) is 0 Å². The van der Waals surface area contributed by atoms with E-state index >= 15 is 0 Å². The predicted octanol–water partition coefficient (Wildman–Crippen LogP) is 12.9. The van der Waals surface area contributed by atoms with Gasteiger partial charge in [0.15, 0.2) is 0 Å². The monoisotopic (exact) mass is 763 g/mol. The molecular weight excluding hydrogens is 709 g/mol. The minimum absolute atomic E-state index is 0.131. The number of ether oxygens (including phenoxy) is 1. The van der Waals surface area contributed by atoms with E-state index in [-0.39, 0.29) is 33.5 Å². The van der Waals surface area contributed by atoms with Gasteiger partial charge in [-0.1, -0.05) is 148 Å². The van der Waals surface area contributed by atoms with Crippen molar-refractivity contribution in [3.63, 3.8) is 0 Å². The molecule has 0 radical (unpaired) electrons. The Kier molecular flexibility index (Phi) is 5.75. The van der Waals surface area contributed by atoms with Crippen LogP contribution < -0.4 is 9.30 Å². The summed E-state index contributed by atoms with van der Waals surface area (Å²) in [6, 6.07) is 28.9. The molecule has 0 aliphatic heterocycles. The quantitative estimate of drug-likeness (QED) is 0.120. The zero-order valence-corrected chi connectivity index (χ0v) is 31.7. The molecule has 0 saturated heterocycles. The second-order valence-corrected chi connectivity index (χ2v) is 14.9. The van der Waals surface area contributed by atoms with Gasteiger partial charge in [-0.2, -0.15) is 0 Å². The maximum Gasteiger partial charge on any atom is 0.269 e. The Morgan fingerprint density at radius 2 is 1.31 bits per heavy atom. The summed E-state index contributed by atoms with van der Waals surface area (Å²) in [5, 5.41) is 1.77. The van der Waals surface area contributed by atoms with E-state index in [2.05, 4.69) is 6.33 Å². The zero-order chi connectivity index (χ0) is 50.6. The number of hydrogen-bond donors (Lipinski definition) is 0. The summed E-state index contributed by atoms with van der Waals surface area (Å²) in [6.07, 6.45) is 5.05. The molecule has 3 aromatic heterocycles. The Bertz CT molecular complexity index is 3710. The Labute approximate surface area is 357 Å². The molecule has 5 heteroatoms. The Balaban J connectivity index is 1.15. The third-order valence-electron chi connectivity index (χ3n) is 10.3. The van der Waals surface area contributed by atoms with Gasteiger partial charge in [-0.05, 0) is 88.1 Å². The second-order valence-electron chi connectivity index (χ2n) is 14.9. The van der Waals surface area contributed by atoms with Crippen LogP contribution in [0.2, 0.25) is 0 Å². The molecule has 0 fully saturated rings. The molecule has 0 atom stereocenters. The van der Waals surface area contributed by atoms with E-state index in [4.69, 9.17) is 27.5 Å². The van der Waals surface area contributed by atoms with Crippen molar-refractivity contribution < 1.29 is 27.1 Å². The van der Waals surface area contributed by atoms with Crippen molar-refractivity contribution in [3.8, 4) is 50.9 Å². The lowest BCUT2D eigenvalue weighted by Gasteiger charge is -2.23. The number of imidazole rings is 1. The van der Waals surface area contributed by atoms with Crippen LogP contribution in [0, 0.1) is 13.2 Å². The maximum absolute atomic E-state index is 9.00. The topological polar surface area (TPSA) is 35.9 Å². The summed E-state index contributed by atoms with van der Waals surface area (Å²) in [4.78, 5) is 4.72. The van der Waals surface area contributed by atoms with Crippen molar-refractivity contribution >= 4 is 32.8 Å². The number of benzene rings is 7. The van der Waals surface area contributed by atoms with Crippen molar-refractivity contribution in [3.05, 3.63) is 199 Å². The van der Waals surface area contributed by atoms with Gasteiger partial charge in [-0.3, -0.25) is 13.7 Å². The van der Waals surface area contributed by atoms with E-state index < -0.39 is 72.7 Å². The zero-order valence-electron chi connectivity index (χ0n) is 44.7. The van der Waals surface area contributed by atoms with Crippen LogP contribution in [0.3, 0.4) is 0 Å². The molecule has 0 amide bonds. The van der Waals surface area contributed by atoms with E-state index in [1.165, 1.54) is 0 Å². The second kappa shape index (κ2) is 14.1. The molecule has 0 spiro atoms. The van der Waals surface area contributed by atoms with Gasteiger partial charge in [0.05, 0.1) is 47.1 Å². The summed E-state index contributed by atoms with van der Waals surface area (Å²) < 4.78 is 125. The van der Waals surface area contributed by atoms with Crippen molar-refractivity contribution in [2.24, 2.45) is 0 Å². The number of hydrogen-bond acceptors (Lipinski definition) is 2. The average Bonchev–Trinajstić information content (AvgIpc) is 3.89. The SMILES string of the molecule is [2H]c1c([2H])c([2H])c(-c2cccc(-c3c([2H])c([2H])c([2H])c([2H])c3[2H])c2-[n+]2[c-]n(-c3cccc(Oc4ccc5c6ccccc6n(-c6nccc(C(C)(C)C)c6C([2H])([2H])[2H])c5c4)c3)c3ccccc32)c([2H])c1[2H]. The molecule has 0 unspecified atom stereocenters. The van der Waals surface area contributed by atoms with Gasteiger partial charge >= 0.3 is 0 Å². The highest BCUT2D eigenvalue weighted by Gasteiger charge is 2.23. The summed E-state index contributed by atoms with van der Waals surface area (Å²) in [7, 11) is 0. The van der Waals surface area contributed by atoms with Crippen LogP contribution in [0.4, 0.5) is 0 Å². The van der Waals surface area contributed by atoms with Gasteiger partial charge in [-0.15, -0.1) is 0 Å². The molecule has 10 aromatic rings. The highest BCUT2D eigenvalue weighted by atomic mass is 16.5. The van der Waals surface area contributed by atoms with E-state index in [0.717, 1.165) is 16.3 Å². The van der Waals surface area contributed by atoms with E-state index in [9.17, 15) is 0 Å². The number of fused-ring (bicyclic) bond motifs is 4. The maximum atomic E-state index is 9.00. The molecule has 10 rings (SSSR count). The van der Waals surface area contributed by atoms with Crippen LogP contribution in [-0.4, -0.2) is 14.1 Å². The Hall–Kier alpha value is -7.24. The van der Waals surface area contributed by atoms with Gasteiger partial charge in [0, 0.05) is 27.1 Å². The Morgan fingerprint density at radius 1 is 0.655 bits per heavy atom. The summed E-state index contributed by atoms with van der Waals surface area (Å²) in [5.74, 6) is 1.18. The van der Waals surface area contributed by atoms with Gasteiger partial charge in [0.1, 0.15) is 17.3 Å². The fourth-order valence-corrected chi connectivity index (χ4v) is 7.68. The van der Waals surface area contributed by atoms with Crippen molar-refractivity contribution in [1.29, 1.82) is 0 Å². The first kappa shape index (κ1) is 23.7. The first-order chi connectivity index (χ1) is 33.7. The normalized spacial score (nSPS) is 15.2. The van der Waals surface area contributed by atoms with Crippen LogP contribution in [-0.2, 0) is 5.41 Å². The summed E-state index contributed by atoms with van der Waals surface area (Å²) in [6.45, 7) is 3.45. The van der Waals surface area contributed by atoms with Gasteiger partial charge in [0.2, 0.25) is 0 Å². The van der Waals surface area contributed by atoms with E-state index in [1.807, 2.05) is 86.0 Å². The highest BCUT2D eigenvalue weighted by Crippen LogP contribution is 2.38. The number of rotatable bonds is 7. The van der Waals surface area contributed by atoms with Crippen LogP contribution >= 0.6 is 0 Å². The summed E-state index contributed by atoms with van der Waals surface area (Å²) in [5.41, 5.74) is 3.59. The fourth-order valence-electron chi connectivity index (χ4n) is 7.68. The Morgan fingerprint density at radius 3 is 2.03 bits per heavy atom. The molecule has 58 heavy (non-hydrogen) atoms. The molecule has 280 valence electrons. The highest BCUT2D eigenvalue weighted by molar-refractivity contribution is 6.09. The first-order valence-electron chi connectivity index (χ1n) is 25.2. The first-order valence-corrected chi connectivity index (χ1v) is 18.7. The molecular formula is C53H42N4O. The lowest BCUT2D eigenvalue weighted by Crippen LogP contribution is -2.31. The minimum atomic E-state index is -2.49. The molecule has 7 aromatic carbocycles. The fraction of sp³-hybridized carbons (Fsp3) is 0.0943. The standard InChI is InChI=1S/C53H42N4O/c1-36-46(53(2,3)4)31-32-54-52(36)57-47-26-12-11-23-44(47)45-30-29-41(34-50(45)57)58-40-22-15-21-39(33-40)55-35-56(49-28-14-13-27-48(49)55)51-42(37-17-7-5-8-18-37)24-16-25-43(51)38-19-9-6-10-20-38/h5-34H,1-4H3/i1D3,5D,6D,7D,8D,9D,10D,17D,18D,19D,20D. The lowest BCUT2D eigenvalue weighted by atomic mass is 9.85. The molecule has 0 aliphatic rings. The average molecular weight is 764 g/mol. The van der Waals surface area contributed by atoms with Gasteiger partial charge < -0.3 is 4.74 Å². The molecule has 0 saturated carbocycles. The predicted molar refractivity (Wildman–Crippen MR) is 237 cm³/mol. The van der Waals surface area contributed by atoms with Crippen molar-refractivity contribution in [2.45, 2.75) is 33.0 Å².